The van der Waals surface area contributed by atoms with Gasteiger partial charge in [-0.15, -0.1) is 0 Å². The van der Waals surface area contributed by atoms with Crippen LogP contribution in [0.5, 0.6) is 5.75 Å². The van der Waals surface area contributed by atoms with E-state index < -0.39 is 10.9 Å². The van der Waals surface area contributed by atoms with Gasteiger partial charge in [0, 0.05) is 17.7 Å². The number of benzene rings is 1. The number of carbonyl (C=O) groups is 1. The second-order valence-corrected chi connectivity index (χ2v) is 3.38. The zero-order valence-electron chi connectivity index (χ0n) is 9.79. The fourth-order valence-corrected chi connectivity index (χ4v) is 1.29. The Morgan fingerprint density at radius 2 is 2.22 bits per heavy atom. The fourth-order valence-electron chi connectivity index (χ4n) is 1.29. The molecule has 0 aliphatic rings. The van der Waals surface area contributed by atoms with Crippen molar-refractivity contribution in [2.24, 2.45) is 0 Å². The highest BCUT2D eigenvalue weighted by Crippen LogP contribution is 2.24. The number of hydrogen-bond donors (Lipinski definition) is 1. The lowest BCUT2D eigenvalue weighted by molar-refractivity contribution is -0.385. The highest BCUT2D eigenvalue weighted by Gasteiger charge is 2.11. The maximum atomic E-state index is 10.9. The second kappa shape index (κ2) is 6.55. The number of methoxy groups -OCH3 is 1. The normalized spacial score (nSPS) is 9.89. The molecule has 0 amide bonds. The molecule has 1 rings (SSSR count). The molecule has 7 heteroatoms. The molecular formula is C11H13NO6. The Kier molecular flexibility index (Phi) is 5.06. The first kappa shape index (κ1) is 13.9. The zero-order valence-corrected chi connectivity index (χ0v) is 9.79. The smallest absolute Gasteiger partial charge is 0.308 e. The summed E-state index contributed by atoms with van der Waals surface area (Å²) >= 11 is 0. The number of rotatable bonds is 6. The summed E-state index contributed by atoms with van der Waals surface area (Å²) in [6, 6.07) is 3.89. The Morgan fingerprint density at radius 3 is 2.78 bits per heavy atom. The first-order valence-electron chi connectivity index (χ1n) is 5.16. The Bertz CT molecular complexity index is 445. The number of aliphatic hydroxyl groups excluding tert-OH is 1. The minimum Gasteiger partial charge on any atom is -0.493 e. The van der Waals surface area contributed by atoms with Gasteiger partial charge in [0.25, 0.3) is 5.69 Å². The van der Waals surface area contributed by atoms with Gasteiger partial charge in [-0.1, -0.05) is 0 Å². The predicted octanol–water partition coefficient (Wildman–Crippen LogP) is 1.03. The number of non-ortho nitro benzene ring substituents is 1. The molecule has 18 heavy (non-hydrogen) atoms. The molecule has 0 atom stereocenters. The van der Waals surface area contributed by atoms with Gasteiger partial charge < -0.3 is 14.6 Å². The van der Waals surface area contributed by atoms with Crippen LogP contribution in [0.4, 0.5) is 5.69 Å². The van der Waals surface area contributed by atoms with E-state index in [0.29, 0.717) is 11.3 Å². The first-order valence-corrected chi connectivity index (χ1v) is 5.16. The summed E-state index contributed by atoms with van der Waals surface area (Å²) in [6.07, 6.45) is 0.0678. The Hall–Kier alpha value is -2.15. The van der Waals surface area contributed by atoms with Crippen molar-refractivity contribution in [3.05, 3.63) is 33.9 Å². The molecule has 0 aromatic heterocycles. The van der Waals surface area contributed by atoms with Crippen molar-refractivity contribution in [1.82, 2.24) is 0 Å². The summed E-state index contributed by atoms with van der Waals surface area (Å²) in [5, 5.41) is 19.6. The summed E-state index contributed by atoms with van der Waals surface area (Å²) < 4.78 is 9.69. The van der Waals surface area contributed by atoms with Crippen molar-refractivity contribution < 1.29 is 24.3 Å². The lowest BCUT2D eigenvalue weighted by atomic mass is 10.2. The number of nitrogens with zero attached hydrogens (tertiary/aromatic N) is 1. The number of nitro groups is 1. The molecule has 0 unspecified atom stereocenters. The van der Waals surface area contributed by atoms with Gasteiger partial charge in [0.2, 0.25) is 0 Å². The molecule has 98 valence electrons. The van der Waals surface area contributed by atoms with Crippen LogP contribution in [0.1, 0.15) is 12.0 Å². The van der Waals surface area contributed by atoms with Gasteiger partial charge in [0.05, 0.1) is 31.7 Å². The number of aliphatic hydroxyl groups is 1. The summed E-state index contributed by atoms with van der Waals surface area (Å²) in [7, 11) is 1.27. The summed E-state index contributed by atoms with van der Waals surface area (Å²) in [5.74, 6) is -0.102. The van der Waals surface area contributed by atoms with Gasteiger partial charge in [-0.05, 0) is 6.07 Å². The molecule has 0 saturated carbocycles. The molecule has 0 aliphatic heterocycles. The van der Waals surface area contributed by atoms with E-state index >= 15 is 0 Å². The number of hydrogen-bond acceptors (Lipinski definition) is 6. The second-order valence-electron chi connectivity index (χ2n) is 3.38. The molecule has 0 saturated heterocycles. The third kappa shape index (κ3) is 3.70. The molecule has 0 radical (unpaired) electrons. The van der Waals surface area contributed by atoms with Crippen LogP contribution in [0.15, 0.2) is 18.2 Å². The highest BCUT2D eigenvalue weighted by atomic mass is 16.6. The van der Waals surface area contributed by atoms with E-state index in [1.54, 1.807) is 0 Å². The lowest BCUT2D eigenvalue weighted by Gasteiger charge is -2.09. The van der Waals surface area contributed by atoms with Crippen LogP contribution in [-0.4, -0.2) is 29.7 Å². The summed E-state index contributed by atoms with van der Waals surface area (Å²) in [4.78, 5) is 20.8. The van der Waals surface area contributed by atoms with Crippen LogP contribution < -0.4 is 4.74 Å². The molecule has 0 heterocycles. The molecule has 0 fully saturated rings. The van der Waals surface area contributed by atoms with Gasteiger partial charge in [-0.25, -0.2) is 0 Å². The van der Waals surface area contributed by atoms with E-state index in [1.807, 2.05) is 0 Å². The molecular weight excluding hydrogens is 242 g/mol. The molecule has 1 aromatic rings. The van der Waals surface area contributed by atoms with Crippen molar-refractivity contribution in [2.75, 3.05) is 13.7 Å². The van der Waals surface area contributed by atoms with E-state index in [2.05, 4.69) is 4.74 Å². The molecule has 1 N–H and O–H groups in total. The van der Waals surface area contributed by atoms with E-state index in [9.17, 15) is 14.9 Å². The Morgan fingerprint density at radius 1 is 1.50 bits per heavy atom. The molecule has 7 nitrogen and oxygen atoms in total. The van der Waals surface area contributed by atoms with Crippen molar-refractivity contribution in [3.8, 4) is 5.75 Å². The number of ether oxygens (including phenoxy) is 2. The standard InChI is InChI=1S/C11H13NO6/c1-17-11(14)4-5-18-10-3-2-9(12(15)16)6-8(10)7-13/h2-3,6,13H,4-5,7H2,1H3. The number of esters is 1. The Balaban J connectivity index is 2.71. The van der Waals surface area contributed by atoms with Crippen LogP contribution in [0.25, 0.3) is 0 Å². The highest BCUT2D eigenvalue weighted by molar-refractivity contribution is 5.69. The predicted molar refractivity (Wildman–Crippen MR) is 61.1 cm³/mol. The molecule has 0 bridgehead atoms. The minimum absolute atomic E-state index is 0.0678. The van der Waals surface area contributed by atoms with Crippen molar-refractivity contribution in [2.45, 2.75) is 13.0 Å². The van der Waals surface area contributed by atoms with E-state index in [4.69, 9.17) is 9.84 Å². The van der Waals surface area contributed by atoms with Crippen LogP contribution in [0, 0.1) is 10.1 Å². The number of nitro benzene ring substituents is 1. The van der Waals surface area contributed by atoms with Crippen molar-refractivity contribution >= 4 is 11.7 Å². The Labute approximate surface area is 103 Å². The molecule has 1 aromatic carbocycles. The van der Waals surface area contributed by atoms with Crippen molar-refractivity contribution in [1.29, 1.82) is 0 Å². The summed E-state index contributed by atoms with van der Waals surface area (Å²) in [5.41, 5.74) is 0.174. The van der Waals surface area contributed by atoms with Gasteiger partial charge in [0.1, 0.15) is 5.75 Å². The van der Waals surface area contributed by atoms with Crippen LogP contribution >= 0.6 is 0 Å². The third-order valence-corrected chi connectivity index (χ3v) is 2.22. The number of carbonyl (C=O) groups excluding carboxylic acids is 1. The maximum Gasteiger partial charge on any atom is 0.308 e. The van der Waals surface area contributed by atoms with Crippen LogP contribution in [0.3, 0.4) is 0 Å². The first-order chi connectivity index (χ1) is 8.58. The molecule has 0 aliphatic carbocycles. The van der Waals surface area contributed by atoms with Gasteiger partial charge >= 0.3 is 5.97 Å². The van der Waals surface area contributed by atoms with Crippen molar-refractivity contribution in [3.63, 3.8) is 0 Å². The third-order valence-electron chi connectivity index (χ3n) is 2.22. The topological polar surface area (TPSA) is 98.9 Å². The van der Waals surface area contributed by atoms with E-state index in [0.717, 1.165) is 0 Å². The molecule has 0 spiro atoms. The van der Waals surface area contributed by atoms with Gasteiger partial charge in [0.15, 0.2) is 0 Å². The minimum atomic E-state index is -0.558. The van der Waals surface area contributed by atoms with E-state index in [1.165, 1.54) is 25.3 Å². The monoisotopic (exact) mass is 255 g/mol. The average molecular weight is 255 g/mol. The van der Waals surface area contributed by atoms with Gasteiger partial charge in [-0.3, -0.25) is 14.9 Å². The quantitative estimate of drug-likeness (QED) is 0.463. The SMILES string of the molecule is COC(=O)CCOc1ccc([N+](=O)[O-])cc1CO. The van der Waals surface area contributed by atoms with Crippen LogP contribution in [-0.2, 0) is 16.1 Å². The maximum absolute atomic E-state index is 10.9. The van der Waals surface area contributed by atoms with Crippen LogP contribution in [0.2, 0.25) is 0 Å². The zero-order chi connectivity index (χ0) is 13.5. The lowest BCUT2D eigenvalue weighted by Crippen LogP contribution is -2.08. The summed E-state index contributed by atoms with van der Waals surface area (Å²) in [6.45, 7) is -0.299. The fraction of sp³-hybridized carbons (Fsp3) is 0.364. The largest absolute Gasteiger partial charge is 0.493 e. The average Bonchev–Trinajstić information content (AvgIpc) is 2.38. The van der Waals surface area contributed by atoms with E-state index in [-0.39, 0.29) is 25.3 Å². The van der Waals surface area contributed by atoms with Gasteiger partial charge in [-0.2, -0.15) is 0 Å².